The Kier molecular flexibility index (Phi) is 5.38. The molecule has 7 nitrogen and oxygen atoms in total. The van der Waals surface area contributed by atoms with Gasteiger partial charge in [0.2, 0.25) is 0 Å². The zero-order chi connectivity index (χ0) is 20.4. The summed E-state index contributed by atoms with van der Waals surface area (Å²) in [5.41, 5.74) is 1.20. The van der Waals surface area contributed by atoms with E-state index in [1.807, 2.05) is 4.90 Å². The van der Waals surface area contributed by atoms with Gasteiger partial charge in [0, 0.05) is 41.6 Å². The molecular formula is C22H25N3O4. The molecule has 2 fully saturated rings. The van der Waals surface area contributed by atoms with Gasteiger partial charge in [-0.25, -0.2) is 0 Å². The molecule has 1 aromatic carbocycles. The van der Waals surface area contributed by atoms with Crippen LogP contribution in [-0.4, -0.2) is 54.0 Å². The van der Waals surface area contributed by atoms with Crippen molar-refractivity contribution in [1.29, 1.82) is 0 Å². The number of hydrogen-bond acceptors (Lipinski definition) is 5. The number of methoxy groups -OCH3 is 2. The molecule has 152 valence electrons. The third-order valence-electron chi connectivity index (χ3n) is 5.88. The highest BCUT2D eigenvalue weighted by atomic mass is 16.5. The molecule has 2 amide bonds. The van der Waals surface area contributed by atoms with Crippen molar-refractivity contribution in [2.75, 3.05) is 14.2 Å². The molecule has 7 heteroatoms. The summed E-state index contributed by atoms with van der Waals surface area (Å²) in [4.78, 5) is 31.6. The Morgan fingerprint density at radius 3 is 2.24 bits per heavy atom. The fourth-order valence-electron chi connectivity index (χ4n) is 4.52. The van der Waals surface area contributed by atoms with E-state index in [1.165, 1.54) is 0 Å². The molecule has 2 aromatic rings. The van der Waals surface area contributed by atoms with Crippen LogP contribution in [0.4, 0.5) is 0 Å². The van der Waals surface area contributed by atoms with E-state index in [1.54, 1.807) is 56.9 Å². The number of amides is 2. The van der Waals surface area contributed by atoms with Crippen LogP contribution >= 0.6 is 0 Å². The smallest absolute Gasteiger partial charge is 0.254 e. The van der Waals surface area contributed by atoms with Crippen LogP contribution in [0.2, 0.25) is 0 Å². The van der Waals surface area contributed by atoms with Gasteiger partial charge in [-0.1, -0.05) is 0 Å². The van der Waals surface area contributed by atoms with E-state index in [0.717, 1.165) is 25.7 Å². The highest BCUT2D eigenvalue weighted by molar-refractivity contribution is 5.96. The van der Waals surface area contributed by atoms with Crippen LogP contribution in [0.1, 0.15) is 46.4 Å². The number of pyridine rings is 1. The first-order valence-corrected chi connectivity index (χ1v) is 9.86. The number of nitrogens with one attached hydrogen (secondary N) is 1. The van der Waals surface area contributed by atoms with Crippen LogP contribution in [0, 0.1) is 0 Å². The van der Waals surface area contributed by atoms with Crippen molar-refractivity contribution in [2.24, 2.45) is 0 Å². The lowest BCUT2D eigenvalue weighted by Gasteiger charge is -2.39. The second-order valence-electron chi connectivity index (χ2n) is 7.54. The molecule has 0 aliphatic carbocycles. The summed E-state index contributed by atoms with van der Waals surface area (Å²) in [5, 5.41) is 3.13. The van der Waals surface area contributed by atoms with E-state index in [0.29, 0.717) is 22.6 Å². The zero-order valence-electron chi connectivity index (χ0n) is 16.6. The highest BCUT2D eigenvalue weighted by Gasteiger charge is 2.43. The maximum absolute atomic E-state index is 13.2. The van der Waals surface area contributed by atoms with Crippen molar-refractivity contribution in [2.45, 2.75) is 43.8 Å². The number of hydrogen-bond donors (Lipinski definition) is 1. The third-order valence-corrected chi connectivity index (χ3v) is 5.88. The lowest BCUT2D eigenvalue weighted by Crippen LogP contribution is -2.52. The molecule has 2 atom stereocenters. The molecule has 2 unspecified atom stereocenters. The van der Waals surface area contributed by atoms with Crippen molar-refractivity contribution >= 4 is 11.8 Å². The summed E-state index contributed by atoms with van der Waals surface area (Å²) >= 11 is 0. The Bertz CT molecular complexity index is 888. The fraction of sp³-hybridized carbons (Fsp3) is 0.409. The summed E-state index contributed by atoms with van der Waals surface area (Å²) in [6.07, 6.45) is 6.70. The topological polar surface area (TPSA) is 80.8 Å². The minimum atomic E-state index is -0.0866. The van der Waals surface area contributed by atoms with Gasteiger partial charge in [0.15, 0.2) is 11.5 Å². The zero-order valence-corrected chi connectivity index (χ0v) is 16.6. The number of piperidine rings is 1. The molecule has 0 spiro atoms. The van der Waals surface area contributed by atoms with Crippen LogP contribution < -0.4 is 14.8 Å². The Balaban J connectivity index is 1.45. The van der Waals surface area contributed by atoms with Crippen molar-refractivity contribution in [3.05, 3.63) is 53.9 Å². The van der Waals surface area contributed by atoms with E-state index in [9.17, 15) is 9.59 Å². The normalized spacial score (nSPS) is 22.8. The second-order valence-corrected chi connectivity index (χ2v) is 7.54. The molecule has 0 saturated carbocycles. The Morgan fingerprint density at radius 1 is 0.966 bits per heavy atom. The van der Waals surface area contributed by atoms with Gasteiger partial charge in [0.25, 0.3) is 11.8 Å². The van der Waals surface area contributed by atoms with E-state index >= 15 is 0 Å². The molecule has 3 heterocycles. The van der Waals surface area contributed by atoms with Gasteiger partial charge in [0.05, 0.1) is 14.2 Å². The molecule has 2 saturated heterocycles. The number of nitrogens with zero attached hydrogens (tertiary/aromatic N) is 2. The van der Waals surface area contributed by atoms with Crippen molar-refractivity contribution < 1.29 is 19.1 Å². The minimum absolute atomic E-state index is 0.0114. The number of carbonyl (C=O) groups excluding carboxylic acids is 2. The lowest BCUT2D eigenvalue weighted by atomic mass is 9.96. The number of fused-ring (bicyclic) bond motifs is 2. The number of ether oxygens (including phenoxy) is 2. The van der Waals surface area contributed by atoms with Crippen LogP contribution in [0.3, 0.4) is 0 Å². The number of benzene rings is 1. The van der Waals surface area contributed by atoms with Crippen molar-refractivity contribution in [1.82, 2.24) is 15.2 Å². The van der Waals surface area contributed by atoms with Gasteiger partial charge in [-0.05, 0) is 56.0 Å². The van der Waals surface area contributed by atoms with Gasteiger partial charge in [-0.15, -0.1) is 0 Å². The molecule has 2 bridgehead atoms. The fourth-order valence-corrected chi connectivity index (χ4v) is 4.52. The number of aromatic nitrogens is 1. The summed E-state index contributed by atoms with van der Waals surface area (Å²) in [7, 11) is 3.14. The number of rotatable bonds is 5. The lowest BCUT2D eigenvalue weighted by molar-refractivity contribution is 0.0549. The monoisotopic (exact) mass is 395 g/mol. The minimum Gasteiger partial charge on any atom is -0.493 e. The summed E-state index contributed by atoms with van der Waals surface area (Å²) in [5.74, 6) is 1.07. The average Bonchev–Trinajstić information content (AvgIpc) is 3.03. The standard InChI is InChI=1S/C22H25N3O4/c1-28-19-6-3-15(11-20(19)29-2)22(27)25-17-4-5-18(25)13-16(12-17)24-21(26)14-7-9-23-10-8-14/h3,6-11,16-18H,4-5,12-13H2,1-2H3,(H,24,26). The number of carbonyl (C=O) groups is 2. The molecule has 2 aliphatic rings. The highest BCUT2D eigenvalue weighted by Crippen LogP contribution is 2.38. The molecule has 0 radical (unpaired) electrons. The van der Waals surface area contributed by atoms with Gasteiger partial charge in [-0.3, -0.25) is 14.6 Å². The predicted molar refractivity (Wildman–Crippen MR) is 107 cm³/mol. The van der Waals surface area contributed by atoms with Crippen LogP contribution in [-0.2, 0) is 0 Å². The summed E-state index contributed by atoms with van der Waals surface area (Å²) in [6, 6.07) is 9.03. The van der Waals surface area contributed by atoms with Crippen LogP contribution in [0.25, 0.3) is 0 Å². The molecule has 2 aliphatic heterocycles. The van der Waals surface area contributed by atoms with Crippen LogP contribution in [0.15, 0.2) is 42.7 Å². The maximum atomic E-state index is 13.2. The maximum Gasteiger partial charge on any atom is 0.254 e. The van der Waals surface area contributed by atoms with E-state index in [4.69, 9.17) is 9.47 Å². The Morgan fingerprint density at radius 2 is 1.62 bits per heavy atom. The first-order chi connectivity index (χ1) is 14.1. The first-order valence-electron chi connectivity index (χ1n) is 9.86. The predicted octanol–water partition coefficient (Wildman–Crippen LogP) is 2.66. The van der Waals surface area contributed by atoms with Gasteiger partial charge >= 0.3 is 0 Å². The first kappa shape index (κ1) is 19.2. The largest absolute Gasteiger partial charge is 0.493 e. The Hall–Kier alpha value is -3.09. The van der Waals surface area contributed by atoms with Gasteiger partial charge < -0.3 is 19.7 Å². The Labute approximate surface area is 170 Å². The van der Waals surface area contributed by atoms with Crippen molar-refractivity contribution in [3.8, 4) is 11.5 Å². The molecule has 4 rings (SSSR count). The SMILES string of the molecule is COc1ccc(C(=O)N2C3CCC2CC(NC(=O)c2ccncc2)C3)cc1OC. The molecule has 1 N–H and O–H groups in total. The van der Waals surface area contributed by atoms with Crippen LogP contribution in [0.5, 0.6) is 11.5 Å². The van der Waals surface area contributed by atoms with E-state index in [2.05, 4.69) is 10.3 Å². The molecule has 29 heavy (non-hydrogen) atoms. The third kappa shape index (κ3) is 3.77. The van der Waals surface area contributed by atoms with Gasteiger partial charge in [0.1, 0.15) is 0 Å². The average molecular weight is 395 g/mol. The second kappa shape index (κ2) is 8.11. The molecular weight excluding hydrogens is 370 g/mol. The molecule has 1 aromatic heterocycles. The summed E-state index contributed by atoms with van der Waals surface area (Å²) < 4.78 is 10.6. The van der Waals surface area contributed by atoms with Gasteiger partial charge in [-0.2, -0.15) is 0 Å². The quantitative estimate of drug-likeness (QED) is 0.842. The van der Waals surface area contributed by atoms with E-state index < -0.39 is 0 Å². The summed E-state index contributed by atoms with van der Waals surface area (Å²) in [6.45, 7) is 0. The van der Waals surface area contributed by atoms with E-state index in [-0.39, 0.29) is 29.9 Å². The van der Waals surface area contributed by atoms with Crippen molar-refractivity contribution in [3.63, 3.8) is 0 Å².